The molecule has 7 nitrogen and oxygen atoms in total. The van der Waals surface area contributed by atoms with Gasteiger partial charge in [-0.1, -0.05) is 36.4 Å². The normalized spacial score (nSPS) is 11.1. The summed E-state index contributed by atoms with van der Waals surface area (Å²) in [5.74, 6) is -0.559. The Hall–Kier alpha value is -4.30. The number of thiophene rings is 1. The number of aromatic nitrogens is 3. The Morgan fingerprint density at radius 1 is 0.886 bits per heavy atom. The Morgan fingerprint density at radius 3 is 2.23 bits per heavy atom. The van der Waals surface area contributed by atoms with Gasteiger partial charge in [0.15, 0.2) is 5.65 Å². The molecule has 0 saturated heterocycles. The van der Waals surface area contributed by atoms with Gasteiger partial charge < -0.3 is 10.6 Å². The Bertz CT molecular complexity index is 1510. The number of fused-ring (bicyclic) bond motifs is 1. The van der Waals surface area contributed by atoms with Crippen molar-refractivity contribution in [3.8, 4) is 10.6 Å². The van der Waals surface area contributed by atoms with Gasteiger partial charge in [0.05, 0.1) is 39.1 Å². The van der Waals surface area contributed by atoms with E-state index in [1.54, 1.807) is 60.0 Å². The van der Waals surface area contributed by atoms with Gasteiger partial charge in [0.2, 0.25) is 0 Å². The van der Waals surface area contributed by atoms with Gasteiger partial charge in [-0.15, -0.1) is 11.3 Å². The van der Waals surface area contributed by atoms with E-state index in [2.05, 4.69) is 15.7 Å². The molecule has 0 spiro atoms. The number of rotatable bonds is 6. The van der Waals surface area contributed by atoms with Crippen molar-refractivity contribution in [1.82, 2.24) is 14.8 Å². The Balaban J connectivity index is 1.51. The molecular formula is C27H23N5O2S. The molecule has 0 saturated carbocycles. The van der Waals surface area contributed by atoms with Crippen LogP contribution in [0.4, 0.5) is 11.4 Å². The van der Waals surface area contributed by atoms with Crippen LogP contribution in [0.15, 0.2) is 84.4 Å². The first kappa shape index (κ1) is 22.5. The summed E-state index contributed by atoms with van der Waals surface area (Å²) < 4.78 is 1.82. The average molecular weight is 482 g/mol. The zero-order valence-electron chi connectivity index (χ0n) is 19.2. The van der Waals surface area contributed by atoms with Crippen LogP contribution in [-0.2, 0) is 0 Å². The van der Waals surface area contributed by atoms with E-state index in [9.17, 15) is 9.59 Å². The lowest BCUT2D eigenvalue weighted by molar-refractivity contribution is 0.101. The number of nitrogens with zero attached hydrogens (tertiary/aromatic N) is 3. The molecule has 0 aliphatic carbocycles. The maximum Gasteiger partial charge on any atom is 0.256 e. The molecule has 0 fully saturated rings. The van der Waals surface area contributed by atoms with E-state index in [4.69, 9.17) is 4.98 Å². The number of hydrogen-bond donors (Lipinski definition) is 2. The number of carbonyl (C=O) groups excluding carboxylic acids is 2. The van der Waals surface area contributed by atoms with Crippen LogP contribution in [0, 0.1) is 0 Å². The van der Waals surface area contributed by atoms with Gasteiger partial charge in [-0.2, -0.15) is 5.10 Å². The molecule has 0 aliphatic heterocycles. The lowest BCUT2D eigenvalue weighted by atomic mass is 10.1. The maximum atomic E-state index is 13.6. The van der Waals surface area contributed by atoms with Crippen LogP contribution in [0.3, 0.4) is 0 Å². The molecule has 3 aromatic heterocycles. The number of hydrogen-bond acceptors (Lipinski definition) is 5. The second-order valence-corrected chi connectivity index (χ2v) is 9.22. The van der Waals surface area contributed by atoms with E-state index in [-0.39, 0.29) is 17.9 Å². The second kappa shape index (κ2) is 9.52. The minimum Gasteiger partial charge on any atom is -0.320 e. The third-order valence-corrected chi connectivity index (χ3v) is 6.43. The summed E-state index contributed by atoms with van der Waals surface area (Å²) in [6.07, 6.45) is 1.68. The van der Waals surface area contributed by atoms with E-state index in [1.165, 1.54) is 0 Å². The van der Waals surface area contributed by atoms with Crippen molar-refractivity contribution in [2.24, 2.45) is 0 Å². The van der Waals surface area contributed by atoms with E-state index in [0.29, 0.717) is 39.2 Å². The minimum absolute atomic E-state index is 0.0865. The molecule has 0 aliphatic rings. The fraction of sp³-hybridized carbons (Fsp3) is 0.111. The maximum absolute atomic E-state index is 13.6. The molecule has 2 amide bonds. The summed E-state index contributed by atoms with van der Waals surface area (Å²) in [6, 6.07) is 21.9. The quantitative estimate of drug-likeness (QED) is 0.300. The van der Waals surface area contributed by atoms with Gasteiger partial charge in [0.1, 0.15) is 0 Å². The monoisotopic (exact) mass is 481 g/mol. The van der Waals surface area contributed by atoms with Gasteiger partial charge in [-0.05, 0) is 55.6 Å². The molecular weight excluding hydrogens is 458 g/mol. The summed E-state index contributed by atoms with van der Waals surface area (Å²) in [4.78, 5) is 32.0. The van der Waals surface area contributed by atoms with Gasteiger partial charge in [0, 0.05) is 11.6 Å². The van der Waals surface area contributed by atoms with Gasteiger partial charge in [-0.25, -0.2) is 9.67 Å². The van der Waals surface area contributed by atoms with Gasteiger partial charge >= 0.3 is 0 Å². The molecule has 0 bridgehead atoms. The zero-order valence-corrected chi connectivity index (χ0v) is 20.0. The Morgan fingerprint density at radius 2 is 1.57 bits per heavy atom. The van der Waals surface area contributed by atoms with Crippen molar-refractivity contribution in [1.29, 1.82) is 0 Å². The summed E-state index contributed by atoms with van der Waals surface area (Å²) in [5.41, 5.74) is 3.38. The number of benzene rings is 2. The smallest absolute Gasteiger partial charge is 0.256 e. The molecule has 35 heavy (non-hydrogen) atoms. The largest absolute Gasteiger partial charge is 0.320 e. The van der Waals surface area contributed by atoms with E-state index in [1.807, 2.05) is 54.2 Å². The van der Waals surface area contributed by atoms with Crippen LogP contribution in [0.1, 0.15) is 40.6 Å². The van der Waals surface area contributed by atoms with Crippen LogP contribution in [0.25, 0.3) is 21.6 Å². The first-order valence-electron chi connectivity index (χ1n) is 11.2. The number of para-hydroxylation sites is 2. The van der Waals surface area contributed by atoms with Crippen molar-refractivity contribution in [3.05, 3.63) is 95.5 Å². The summed E-state index contributed by atoms with van der Waals surface area (Å²) in [5, 5.41) is 13.0. The third kappa shape index (κ3) is 4.56. The summed E-state index contributed by atoms with van der Waals surface area (Å²) in [7, 11) is 0. The standard InChI is InChI=1S/C27H23N5O2S/c1-17(2)32-25-20(16-28-32)19(15-23(29-25)24-13-8-14-35-24)27(34)31-22-12-7-6-11-21(22)30-26(33)18-9-4-3-5-10-18/h3-17H,1-2H3,(H,30,33)(H,31,34). The molecule has 5 rings (SSSR count). The predicted octanol–water partition coefficient (Wildman–Crippen LogP) is 6.25. The SMILES string of the molecule is CC(C)n1ncc2c(C(=O)Nc3ccccc3NC(=O)c3ccccc3)cc(-c3cccs3)nc21. The Labute approximate surface area is 206 Å². The van der Waals surface area contributed by atoms with Crippen molar-refractivity contribution < 1.29 is 9.59 Å². The van der Waals surface area contributed by atoms with Crippen LogP contribution in [0.5, 0.6) is 0 Å². The number of amides is 2. The summed E-state index contributed by atoms with van der Waals surface area (Å²) >= 11 is 1.56. The minimum atomic E-state index is -0.306. The topological polar surface area (TPSA) is 88.9 Å². The van der Waals surface area contributed by atoms with E-state index in [0.717, 1.165) is 4.88 Å². The highest BCUT2D eigenvalue weighted by Crippen LogP contribution is 2.30. The molecule has 2 aromatic carbocycles. The predicted molar refractivity (Wildman–Crippen MR) is 140 cm³/mol. The van der Waals surface area contributed by atoms with Crippen LogP contribution in [0.2, 0.25) is 0 Å². The average Bonchev–Trinajstić information content (AvgIpc) is 3.55. The van der Waals surface area contributed by atoms with Crippen molar-refractivity contribution in [2.75, 3.05) is 10.6 Å². The lowest BCUT2D eigenvalue weighted by Gasteiger charge is -2.14. The lowest BCUT2D eigenvalue weighted by Crippen LogP contribution is -2.17. The van der Waals surface area contributed by atoms with E-state index < -0.39 is 0 Å². The van der Waals surface area contributed by atoms with Crippen LogP contribution in [-0.4, -0.2) is 26.6 Å². The highest BCUT2D eigenvalue weighted by atomic mass is 32.1. The van der Waals surface area contributed by atoms with Crippen molar-refractivity contribution >= 4 is 45.6 Å². The van der Waals surface area contributed by atoms with E-state index >= 15 is 0 Å². The number of anilines is 2. The fourth-order valence-electron chi connectivity index (χ4n) is 3.81. The summed E-state index contributed by atoms with van der Waals surface area (Å²) in [6.45, 7) is 4.05. The van der Waals surface area contributed by atoms with Crippen LogP contribution >= 0.6 is 11.3 Å². The Kier molecular flexibility index (Phi) is 6.12. The molecule has 174 valence electrons. The molecule has 5 aromatic rings. The zero-order chi connectivity index (χ0) is 24.4. The molecule has 0 atom stereocenters. The first-order chi connectivity index (χ1) is 17.0. The first-order valence-corrected chi connectivity index (χ1v) is 12.1. The molecule has 0 unspecified atom stereocenters. The second-order valence-electron chi connectivity index (χ2n) is 8.27. The van der Waals surface area contributed by atoms with Crippen molar-refractivity contribution in [2.45, 2.75) is 19.9 Å². The number of nitrogens with one attached hydrogen (secondary N) is 2. The molecule has 0 radical (unpaired) electrons. The highest BCUT2D eigenvalue weighted by Gasteiger charge is 2.20. The number of carbonyl (C=O) groups is 2. The highest BCUT2D eigenvalue weighted by molar-refractivity contribution is 7.13. The third-order valence-electron chi connectivity index (χ3n) is 5.53. The van der Waals surface area contributed by atoms with Crippen molar-refractivity contribution in [3.63, 3.8) is 0 Å². The number of pyridine rings is 1. The van der Waals surface area contributed by atoms with Crippen LogP contribution < -0.4 is 10.6 Å². The fourth-order valence-corrected chi connectivity index (χ4v) is 4.50. The molecule has 8 heteroatoms. The molecule has 3 heterocycles. The molecule has 2 N–H and O–H groups in total. The van der Waals surface area contributed by atoms with Gasteiger partial charge in [-0.3, -0.25) is 9.59 Å². The van der Waals surface area contributed by atoms with Gasteiger partial charge in [0.25, 0.3) is 11.8 Å².